The van der Waals surface area contributed by atoms with Crippen molar-refractivity contribution in [1.82, 2.24) is 9.62 Å². The summed E-state index contributed by atoms with van der Waals surface area (Å²) in [5.74, 6) is -0.366. The number of piperazine rings is 1. The number of hydrogen-bond acceptors (Lipinski definition) is 4. The Morgan fingerprint density at radius 2 is 1.92 bits per heavy atom. The molecule has 140 valence electrons. The maximum Gasteiger partial charge on any atom is 0.243 e. The van der Waals surface area contributed by atoms with E-state index in [1.165, 1.54) is 16.4 Å². The largest absolute Gasteiger partial charge is 0.372 e. The Balaban J connectivity index is 0.00000196. The molecule has 8 heteroatoms. The minimum Gasteiger partial charge on any atom is -0.372 e. The normalized spacial score (nSPS) is 20.4. The highest BCUT2D eigenvalue weighted by molar-refractivity contribution is 7.89. The Bertz CT molecular complexity index is 907. The zero-order chi connectivity index (χ0) is 17.4. The number of halogens is 2. The highest BCUT2D eigenvalue weighted by Gasteiger charge is 2.35. The fourth-order valence-corrected chi connectivity index (χ4v) is 5.08. The molecule has 4 rings (SSSR count). The molecule has 0 saturated carbocycles. The molecule has 2 heterocycles. The van der Waals surface area contributed by atoms with Gasteiger partial charge in [0.15, 0.2) is 0 Å². The monoisotopic (exact) mass is 398 g/mol. The molecule has 1 saturated heterocycles. The maximum absolute atomic E-state index is 13.6. The molecule has 1 N–H and O–H groups in total. The molecule has 26 heavy (non-hydrogen) atoms. The predicted molar refractivity (Wildman–Crippen MR) is 98.1 cm³/mol. The number of nitrogens with one attached hydrogen (secondary N) is 1. The van der Waals surface area contributed by atoms with Gasteiger partial charge in [0.25, 0.3) is 0 Å². The lowest BCUT2D eigenvalue weighted by Crippen LogP contribution is -2.48. The van der Waals surface area contributed by atoms with E-state index in [9.17, 15) is 12.8 Å². The molecule has 0 aliphatic carbocycles. The summed E-state index contributed by atoms with van der Waals surface area (Å²) in [5.41, 5.74) is 2.60. The van der Waals surface area contributed by atoms with Crippen molar-refractivity contribution in [2.24, 2.45) is 0 Å². The number of rotatable bonds is 3. The number of nitrogens with zero attached hydrogens (tertiary/aromatic N) is 1. The molecule has 0 amide bonds. The zero-order valence-electron chi connectivity index (χ0n) is 14.0. The fraction of sp³-hybridized carbons (Fsp3) is 0.333. The van der Waals surface area contributed by atoms with Crippen molar-refractivity contribution in [3.63, 3.8) is 0 Å². The molecule has 2 aromatic carbocycles. The van der Waals surface area contributed by atoms with Crippen molar-refractivity contribution in [2.45, 2.75) is 24.2 Å². The smallest absolute Gasteiger partial charge is 0.243 e. The highest BCUT2D eigenvalue weighted by atomic mass is 35.5. The Hall–Kier alpha value is -1.51. The van der Waals surface area contributed by atoms with Crippen LogP contribution < -0.4 is 5.32 Å². The number of ether oxygens (including phenoxy) is 1. The molecule has 0 aromatic heterocycles. The van der Waals surface area contributed by atoms with Crippen molar-refractivity contribution >= 4 is 22.4 Å². The Morgan fingerprint density at radius 3 is 2.73 bits per heavy atom. The van der Waals surface area contributed by atoms with Crippen molar-refractivity contribution in [3.05, 3.63) is 65.0 Å². The highest BCUT2D eigenvalue weighted by Crippen LogP contribution is 2.31. The summed E-state index contributed by atoms with van der Waals surface area (Å²) in [4.78, 5) is 0.264. The second-order valence-electron chi connectivity index (χ2n) is 6.31. The molecule has 1 unspecified atom stereocenters. The van der Waals surface area contributed by atoms with Gasteiger partial charge in [0.1, 0.15) is 5.82 Å². The zero-order valence-corrected chi connectivity index (χ0v) is 15.7. The third kappa shape index (κ3) is 3.50. The van der Waals surface area contributed by atoms with E-state index in [1.807, 2.05) is 6.07 Å². The van der Waals surface area contributed by atoms with E-state index < -0.39 is 16.1 Å². The summed E-state index contributed by atoms with van der Waals surface area (Å²) in [6.45, 7) is 2.33. The molecule has 2 aliphatic rings. The fourth-order valence-electron chi connectivity index (χ4n) is 3.42. The lowest BCUT2D eigenvalue weighted by molar-refractivity contribution is 0.134. The molecule has 2 aliphatic heterocycles. The quantitative estimate of drug-likeness (QED) is 0.863. The molecule has 0 radical (unpaired) electrons. The molecule has 0 spiro atoms. The van der Waals surface area contributed by atoms with Gasteiger partial charge in [-0.3, -0.25) is 0 Å². The topological polar surface area (TPSA) is 58.6 Å². The average Bonchev–Trinajstić information content (AvgIpc) is 3.09. The third-order valence-electron chi connectivity index (χ3n) is 4.73. The number of sulfonamides is 1. The van der Waals surface area contributed by atoms with Crippen LogP contribution in [0.5, 0.6) is 0 Å². The number of hydrogen-bond donors (Lipinski definition) is 1. The van der Waals surface area contributed by atoms with Crippen molar-refractivity contribution in [3.8, 4) is 0 Å². The summed E-state index contributed by atoms with van der Waals surface area (Å²) < 4.78 is 46.9. The van der Waals surface area contributed by atoms with Gasteiger partial charge in [-0.1, -0.05) is 18.2 Å². The van der Waals surface area contributed by atoms with Crippen molar-refractivity contribution in [1.29, 1.82) is 0 Å². The van der Waals surface area contributed by atoms with E-state index >= 15 is 0 Å². The molecular weight excluding hydrogens is 379 g/mol. The minimum atomic E-state index is -3.68. The van der Waals surface area contributed by atoms with Gasteiger partial charge in [0.2, 0.25) is 10.0 Å². The Labute approximate surface area is 158 Å². The Morgan fingerprint density at radius 1 is 1.12 bits per heavy atom. The first kappa shape index (κ1) is 19.3. The van der Waals surface area contributed by atoms with Gasteiger partial charge in [-0.05, 0) is 41.0 Å². The van der Waals surface area contributed by atoms with Crippen LogP contribution in [0.4, 0.5) is 4.39 Å². The summed E-state index contributed by atoms with van der Waals surface area (Å²) in [5, 5.41) is 3.20. The van der Waals surface area contributed by atoms with Crippen molar-refractivity contribution < 1.29 is 17.5 Å². The van der Waals surface area contributed by atoms with Crippen LogP contribution >= 0.6 is 12.4 Å². The molecule has 0 bridgehead atoms. The SMILES string of the molecule is Cl.O=S(=O)(c1ccc2c(c1)COC2)N1CCNCC1c1cccc(F)c1. The Kier molecular flexibility index (Phi) is 5.64. The maximum atomic E-state index is 13.6. The van der Waals surface area contributed by atoms with E-state index in [-0.39, 0.29) is 23.1 Å². The summed E-state index contributed by atoms with van der Waals surface area (Å²) in [6.07, 6.45) is 0. The van der Waals surface area contributed by atoms with Crippen molar-refractivity contribution in [2.75, 3.05) is 19.6 Å². The van der Waals surface area contributed by atoms with Crippen LogP contribution in [-0.2, 0) is 28.0 Å². The number of fused-ring (bicyclic) bond motifs is 1. The average molecular weight is 399 g/mol. The molecule has 5 nitrogen and oxygen atoms in total. The van der Waals surface area contributed by atoms with Gasteiger partial charge >= 0.3 is 0 Å². The summed E-state index contributed by atoms with van der Waals surface area (Å²) in [6, 6.07) is 10.8. The van der Waals surface area contributed by atoms with Crippen LogP contribution in [0.3, 0.4) is 0 Å². The van der Waals surface area contributed by atoms with Crippen LogP contribution in [0, 0.1) is 5.82 Å². The number of benzene rings is 2. The van der Waals surface area contributed by atoms with Crippen LogP contribution in [0.15, 0.2) is 47.4 Å². The molecular formula is C18H20ClFN2O3S. The van der Waals surface area contributed by atoms with E-state index in [4.69, 9.17) is 4.74 Å². The van der Waals surface area contributed by atoms with Crippen LogP contribution in [-0.4, -0.2) is 32.4 Å². The lowest BCUT2D eigenvalue weighted by Gasteiger charge is -2.35. The van der Waals surface area contributed by atoms with E-state index in [0.29, 0.717) is 38.4 Å². The van der Waals surface area contributed by atoms with Gasteiger partial charge in [-0.25, -0.2) is 12.8 Å². The predicted octanol–water partition coefficient (Wildman–Crippen LogP) is 2.61. The molecule has 1 atom stereocenters. The summed E-state index contributed by atoms with van der Waals surface area (Å²) >= 11 is 0. The first-order chi connectivity index (χ1) is 12.1. The standard InChI is InChI=1S/C18H19FN2O3S.ClH/c19-16-3-1-2-13(8-16)18-10-20-6-7-21(18)25(22,23)17-5-4-14-11-24-12-15(14)9-17;/h1-5,8-9,18,20H,6-7,10-12H2;1H. The van der Waals surface area contributed by atoms with E-state index in [0.717, 1.165) is 11.1 Å². The van der Waals surface area contributed by atoms with E-state index in [2.05, 4.69) is 5.32 Å². The van der Waals surface area contributed by atoms with Gasteiger partial charge in [0, 0.05) is 19.6 Å². The van der Waals surface area contributed by atoms with Crippen LogP contribution in [0.2, 0.25) is 0 Å². The third-order valence-corrected chi connectivity index (χ3v) is 6.63. The van der Waals surface area contributed by atoms with Gasteiger partial charge in [0.05, 0.1) is 24.2 Å². The molecule has 2 aromatic rings. The van der Waals surface area contributed by atoms with Crippen LogP contribution in [0.25, 0.3) is 0 Å². The first-order valence-corrected chi connectivity index (χ1v) is 9.67. The minimum absolute atomic E-state index is 0. The lowest BCUT2D eigenvalue weighted by atomic mass is 10.1. The van der Waals surface area contributed by atoms with Gasteiger partial charge in [-0.15, -0.1) is 12.4 Å². The summed E-state index contributed by atoms with van der Waals surface area (Å²) in [7, 11) is -3.68. The van der Waals surface area contributed by atoms with Gasteiger partial charge in [-0.2, -0.15) is 4.31 Å². The van der Waals surface area contributed by atoms with Gasteiger partial charge < -0.3 is 10.1 Å². The second kappa shape index (κ2) is 7.62. The second-order valence-corrected chi connectivity index (χ2v) is 8.20. The first-order valence-electron chi connectivity index (χ1n) is 8.23. The van der Waals surface area contributed by atoms with Crippen LogP contribution in [0.1, 0.15) is 22.7 Å². The molecule has 1 fully saturated rings. The van der Waals surface area contributed by atoms with E-state index in [1.54, 1.807) is 24.3 Å².